The van der Waals surface area contributed by atoms with Gasteiger partial charge in [0.2, 0.25) is 5.91 Å². The van der Waals surface area contributed by atoms with Gasteiger partial charge in [-0.2, -0.15) is 13.2 Å². The predicted molar refractivity (Wildman–Crippen MR) is 119 cm³/mol. The van der Waals surface area contributed by atoms with Crippen LogP contribution < -0.4 is 5.32 Å². The first-order valence-electron chi connectivity index (χ1n) is 11.0. The number of piperidine rings is 1. The van der Waals surface area contributed by atoms with Crippen LogP contribution in [-0.4, -0.2) is 39.2 Å². The Bertz CT molecular complexity index is 1260. The topological polar surface area (TPSA) is 66.7 Å². The summed E-state index contributed by atoms with van der Waals surface area (Å²) in [5.74, 6) is -0.469. The standard InChI is InChI=1S/C24H22ClF3N4O2/c25-17-4-5-20-30-19(14-32(20)13-17)22(34)31-8-6-23(7-9-31)11-18(23)21(33)29-12-15-2-1-3-16(10-15)24(26,27)28/h1-5,10,13-14,18H,6-9,11-12H2,(H,29,33). The molecular weight excluding hydrogens is 469 g/mol. The zero-order valence-corrected chi connectivity index (χ0v) is 18.9. The maximum absolute atomic E-state index is 12.9. The Morgan fingerprint density at radius 1 is 1.15 bits per heavy atom. The Morgan fingerprint density at radius 2 is 1.91 bits per heavy atom. The van der Waals surface area contributed by atoms with E-state index in [4.69, 9.17) is 11.6 Å². The van der Waals surface area contributed by atoms with Crippen molar-refractivity contribution in [1.82, 2.24) is 19.6 Å². The minimum absolute atomic E-state index is 0.0534. The summed E-state index contributed by atoms with van der Waals surface area (Å²) in [5, 5.41) is 3.33. The molecule has 2 amide bonds. The molecule has 1 aliphatic heterocycles. The summed E-state index contributed by atoms with van der Waals surface area (Å²) in [4.78, 5) is 31.7. The lowest BCUT2D eigenvalue weighted by atomic mass is 9.90. The smallest absolute Gasteiger partial charge is 0.352 e. The number of likely N-dealkylation sites (tertiary alicyclic amines) is 1. The Labute approximate surface area is 198 Å². The van der Waals surface area contributed by atoms with Crippen molar-refractivity contribution in [2.24, 2.45) is 11.3 Å². The minimum atomic E-state index is -4.41. The maximum atomic E-state index is 12.9. The molecule has 34 heavy (non-hydrogen) atoms. The summed E-state index contributed by atoms with van der Waals surface area (Å²) < 4.78 is 40.4. The second-order valence-corrected chi connectivity index (χ2v) is 9.50. The molecule has 2 fully saturated rings. The fourth-order valence-corrected chi connectivity index (χ4v) is 4.99. The van der Waals surface area contributed by atoms with Gasteiger partial charge < -0.3 is 14.6 Å². The van der Waals surface area contributed by atoms with E-state index in [-0.39, 0.29) is 29.7 Å². The molecule has 2 aliphatic rings. The number of pyridine rings is 1. The minimum Gasteiger partial charge on any atom is -0.352 e. The van der Waals surface area contributed by atoms with Crippen LogP contribution in [0.2, 0.25) is 5.02 Å². The molecule has 1 saturated heterocycles. The van der Waals surface area contributed by atoms with E-state index < -0.39 is 11.7 Å². The van der Waals surface area contributed by atoms with E-state index >= 15 is 0 Å². The first kappa shape index (κ1) is 22.7. The van der Waals surface area contributed by atoms with Gasteiger partial charge in [-0.15, -0.1) is 0 Å². The molecule has 0 bridgehead atoms. The van der Waals surface area contributed by atoms with E-state index in [9.17, 15) is 22.8 Å². The molecule has 3 aromatic rings. The number of benzene rings is 1. The SMILES string of the molecule is O=C(NCc1cccc(C(F)(F)F)c1)C1CC12CCN(C(=O)c1cn3cc(Cl)ccc3n1)CC2. The maximum Gasteiger partial charge on any atom is 0.416 e. The van der Waals surface area contributed by atoms with Crippen LogP contribution in [0, 0.1) is 11.3 Å². The van der Waals surface area contributed by atoms with Crippen LogP contribution in [0.3, 0.4) is 0 Å². The van der Waals surface area contributed by atoms with Crippen molar-refractivity contribution >= 4 is 29.1 Å². The van der Waals surface area contributed by atoms with Gasteiger partial charge in [-0.3, -0.25) is 9.59 Å². The number of carbonyl (C=O) groups is 2. The number of alkyl halides is 3. The van der Waals surface area contributed by atoms with Gasteiger partial charge in [-0.05, 0) is 54.5 Å². The van der Waals surface area contributed by atoms with E-state index in [1.807, 2.05) is 0 Å². The second-order valence-electron chi connectivity index (χ2n) is 9.07. The van der Waals surface area contributed by atoms with Crippen molar-refractivity contribution in [1.29, 1.82) is 0 Å². The fourth-order valence-electron chi connectivity index (χ4n) is 4.83. The molecule has 178 valence electrons. The highest BCUT2D eigenvalue weighted by Crippen LogP contribution is 2.59. The summed E-state index contributed by atoms with van der Waals surface area (Å²) in [7, 11) is 0. The largest absolute Gasteiger partial charge is 0.416 e. The van der Waals surface area contributed by atoms with E-state index in [1.165, 1.54) is 6.07 Å². The van der Waals surface area contributed by atoms with Crippen molar-refractivity contribution in [3.05, 3.63) is 70.6 Å². The lowest BCUT2D eigenvalue weighted by Gasteiger charge is -2.32. The first-order valence-corrected chi connectivity index (χ1v) is 11.4. The summed E-state index contributed by atoms with van der Waals surface area (Å²) >= 11 is 5.99. The highest BCUT2D eigenvalue weighted by Gasteiger charge is 2.58. The number of carbonyl (C=O) groups excluding carboxylic acids is 2. The van der Waals surface area contributed by atoms with Crippen molar-refractivity contribution in [2.45, 2.75) is 32.0 Å². The lowest BCUT2D eigenvalue weighted by molar-refractivity contribution is -0.137. The van der Waals surface area contributed by atoms with Gasteiger partial charge in [0.25, 0.3) is 5.91 Å². The average molecular weight is 491 g/mol. The van der Waals surface area contributed by atoms with Crippen LogP contribution in [0.1, 0.15) is 40.9 Å². The lowest BCUT2D eigenvalue weighted by Crippen LogP contribution is -2.40. The summed E-state index contributed by atoms with van der Waals surface area (Å²) in [6, 6.07) is 8.44. The zero-order valence-electron chi connectivity index (χ0n) is 18.1. The molecule has 1 aromatic carbocycles. The van der Waals surface area contributed by atoms with Crippen LogP contribution in [-0.2, 0) is 17.5 Å². The molecule has 3 heterocycles. The number of halogens is 4. The molecule has 10 heteroatoms. The number of fused-ring (bicyclic) bond motifs is 1. The molecular formula is C24H22ClF3N4O2. The monoisotopic (exact) mass is 490 g/mol. The number of imidazole rings is 1. The molecule has 1 aliphatic carbocycles. The highest BCUT2D eigenvalue weighted by molar-refractivity contribution is 6.30. The summed E-state index contributed by atoms with van der Waals surface area (Å²) in [6.07, 6.45) is 1.09. The second kappa shape index (κ2) is 8.30. The van der Waals surface area contributed by atoms with Gasteiger partial charge in [0.15, 0.2) is 0 Å². The van der Waals surface area contributed by atoms with Crippen molar-refractivity contribution in [3.8, 4) is 0 Å². The summed E-state index contributed by atoms with van der Waals surface area (Å²) in [5.41, 5.74) is 0.534. The molecule has 2 aromatic heterocycles. The Hall–Kier alpha value is -3.07. The van der Waals surface area contributed by atoms with E-state index in [0.717, 1.165) is 18.6 Å². The van der Waals surface area contributed by atoms with Crippen LogP contribution in [0.25, 0.3) is 5.65 Å². The van der Waals surface area contributed by atoms with Gasteiger partial charge in [0.1, 0.15) is 11.3 Å². The number of rotatable bonds is 4. The third-order valence-electron chi connectivity index (χ3n) is 6.91. The van der Waals surface area contributed by atoms with Crippen LogP contribution in [0.5, 0.6) is 0 Å². The molecule has 6 nitrogen and oxygen atoms in total. The van der Waals surface area contributed by atoms with Gasteiger partial charge in [-0.1, -0.05) is 23.7 Å². The van der Waals surface area contributed by atoms with E-state index in [1.54, 1.807) is 39.9 Å². The molecule has 0 radical (unpaired) electrons. The third-order valence-corrected chi connectivity index (χ3v) is 7.13. The molecule has 1 unspecified atom stereocenters. The number of nitrogens with zero attached hydrogens (tertiary/aromatic N) is 3. The highest BCUT2D eigenvalue weighted by atomic mass is 35.5. The predicted octanol–water partition coefficient (Wildman–Crippen LogP) is 4.57. The number of aromatic nitrogens is 2. The van der Waals surface area contributed by atoms with Crippen LogP contribution >= 0.6 is 11.6 Å². The van der Waals surface area contributed by atoms with Crippen molar-refractivity contribution in [2.75, 3.05) is 13.1 Å². The van der Waals surface area contributed by atoms with Crippen molar-refractivity contribution < 1.29 is 22.8 Å². The molecule has 1 saturated carbocycles. The first-order chi connectivity index (χ1) is 16.1. The quantitative estimate of drug-likeness (QED) is 0.583. The number of hydrogen-bond acceptors (Lipinski definition) is 3. The normalized spacial score (nSPS) is 19.4. The fraction of sp³-hybridized carbons (Fsp3) is 0.375. The van der Waals surface area contributed by atoms with Gasteiger partial charge in [-0.25, -0.2) is 4.98 Å². The molecule has 5 rings (SSSR count). The third kappa shape index (κ3) is 4.36. The van der Waals surface area contributed by atoms with Crippen LogP contribution in [0.15, 0.2) is 48.8 Å². The molecule has 1 atom stereocenters. The van der Waals surface area contributed by atoms with Crippen LogP contribution in [0.4, 0.5) is 13.2 Å². The number of nitrogens with one attached hydrogen (secondary N) is 1. The van der Waals surface area contributed by atoms with E-state index in [0.29, 0.717) is 47.9 Å². The van der Waals surface area contributed by atoms with E-state index in [2.05, 4.69) is 10.3 Å². The summed E-state index contributed by atoms with van der Waals surface area (Å²) in [6.45, 7) is 1.12. The van der Waals surface area contributed by atoms with Gasteiger partial charge >= 0.3 is 6.18 Å². The number of amides is 2. The Balaban J connectivity index is 1.15. The zero-order chi connectivity index (χ0) is 24.1. The number of hydrogen-bond donors (Lipinski definition) is 1. The average Bonchev–Trinajstić information content (AvgIpc) is 3.34. The molecule has 1 spiro atoms. The Kier molecular flexibility index (Phi) is 5.55. The Morgan fingerprint density at radius 3 is 2.65 bits per heavy atom. The van der Waals surface area contributed by atoms with Gasteiger partial charge in [0, 0.05) is 37.9 Å². The van der Waals surface area contributed by atoms with Gasteiger partial charge in [0.05, 0.1) is 10.6 Å². The molecule has 1 N–H and O–H groups in total. The van der Waals surface area contributed by atoms with Crippen molar-refractivity contribution in [3.63, 3.8) is 0 Å².